The summed E-state index contributed by atoms with van der Waals surface area (Å²) in [6, 6.07) is 6.55. The summed E-state index contributed by atoms with van der Waals surface area (Å²) in [4.78, 5) is 0. The second kappa shape index (κ2) is 3.69. The van der Waals surface area contributed by atoms with Crippen LogP contribution in [0.15, 0.2) is 30.9 Å². The first-order chi connectivity index (χ1) is 8.49. The molecule has 1 aromatic rings. The molecule has 0 N–H and O–H groups in total. The zero-order valence-electron chi connectivity index (χ0n) is 11.3. The predicted molar refractivity (Wildman–Crippen MR) is 73.6 cm³/mol. The van der Waals surface area contributed by atoms with Gasteiger partial charge in [-0.1, -0.05) is 38.1 Å². The van der Waals surface area contributed by atoms with Crippen LogP contribution in [0.25, 0.3) is 0 Å². The third-order valence-corrected chi connectivity index (χ3v) is 4.96. The smallest absolute Gasteiger partial charge is 0.121 e. The van der Waals surface area contributed by atoms with E-state index in [0.717, 1.165) is 0 Å². The van der Waals surface area contributed by atoms with Gasteiger partial charge in [-0.25, -0.2) is 4.39 Å². The van der Waals surface area contributed by atoms with E-state index < -0.39 is 5.67 Å². The maximum Gasteiger partial charge on any atom is 0.121 e. The fraction of sp³-hybridized carbons (Fsp3) is 0.529. The van der Waals surface area contributed by atoms with Crippen molar-refractivity contribution in [2.45, 2.75) is 50.6 Å². The summed E-state index contributed by atoms with van der Waals surface area (Å²) in [7, 11) is 0. The quantitative estimate of drug-likeness (QED) is 0.693. The first kappa shape index (κ1) is 12.0. The molecule has 0 nitrogen and oxygen atoms in total. The van der Waals surface area contributed by atoms with Gasteiger partial charge in [-0.05, 0) is 35.4 Å². The van der Waals surface area contributed by atoms with Crippen molar-refractivity contribution in [2.75, 3.05) is 0 Å². The molecular formula is C17H21F. The number of hydrogen-bond donors (Lipinski definition) is 0. The van der Waals surface area contributed by atoms with Crippen LogP contribution < -0.4 is 0 Å². The zero-order valence-corrected chi connectivity index (χ0v) is 11.3. The summed E-state index contributed by atoms with van der Waals surface area (Å²) >= 11 is 0. The summed E-state index contributed by atoms with van der Waals surface area (Å²) in [5, 5.41) is 0. The molecule has 1 aromatic carbocycles. The van der Waals surface area contributed by atoms with E-state index in [1.165, 1.54) is 29.5 Å². The number of halogens is 1. The van der Waals surface area contributed by atoms with Gasteiger partial charge in [-0.15, -0.1) is 6.58 Å². The van der Waals surface area contributed by atoms with Crippen LogP contribution in [0.2, 0.25) is 0 Å². The average molecular weight is 244 g/mol. The van der Waals surface area contributed by atoms with E-state index in [-0.39, 0.29) is 11.3 Å². The molecule has 1 heteroatoms. The van der Waals surface area contributed by atoms with Gasteiger partial charge in [0, 0.05) is 18.3 Å². The highest BCUT2D eigenvalue weighted by atomic mass is 19.1. The van der Waals surface area contributed by atoms with E-state index in [1.54, 1.807) is 0 Å². The Morgan fingerprint density at radius 2 is 1.89 bits per heavy atom. The highest BCUT2D eigenvalue weighted by molar-refractivity contribution is 5.45. The minimum absolute atomic E-state index is 0.0858. The Hall–Kier alpha value is -1.11. The Morgan fingerprint density at radius 1 is 1.22 bits per heavy atom. The molecule has 0 saturated heterocycles. The molecule has 0 aromatic heterocycles. The second-order valence-corrected chi connectivity index (χ2v) is 6.39. The minimum atomic E-state index is -1.04. The number of fused-ring (bicyclic) bond motifs is 1. The van der Waals surface area contributed by atoms with Crippen LogP contribution in [-0.4, -0.2) is 5.67 Å². The molecule has 1 atom stereocenters. The van der Waals surface area contributed by atoms with Crippen molar-refractivity contribution in [3.8, 4) is 0 Å². The molecule has 0 amide bonds. The van der Waals surface area contributed by atoms with Crippen LogP contribution in [0.3, 0.4) is 0 Å². The number of allylic oxidation sites excluding steroid dienone is 1. The third kappa shape index (κ3) is 1.64. The van der Waals surface area contributed by atoms with Gasteiger partial charge in [0.05, 0.1) is 0 Å². The Balaban J connectivity index is 1.94. The maximum absolute atomic E-state index is 14.7. The minimum Gasteiger partial charge on any atom is -0.243 e. The first-order valence-corrected chi connectivity index (χ1v) is 6.94. The molecule has 0 bridgehead atoms. The molecule has 0 spiro atoms. The van der Waals surface area contributed by atoms with Crippen LogP contribution in [0, 0.1) is 5.92 Å². The van der Waals surface area contributed by atoms with E-state index >= 15 is 0 Å². The fourth-order valence-corrected chi connectivity index (χ4v) is 3.12. The largest absolute Gasteiger partial charge is 0.243 e. The van der Waals surface area contributed by atoms with Gasteiger partial charge in [0.2, 0.25) is 0 Å². The molecule has 2 aliphatic rings. The van der Waals surface area contributed by atoms with E-state index in [4.69, 9.17) is 0 Å². The topological polar surface area (TPSA) is 0 Å². The van der Waals surface area contributed by atoms with Gasteiger partial charge in [0.1, 0.15) is 5.67 Å². The maximum atomic E-state index is 14.7. The summed E-state index contributed by atoms with van der Waals surface area (Å²) in [5.41, 5.74) is 2.93. The SMILES string of the molecule is C=CC1(c2ccc3c(c2)CC(F)(C(C)C)C3)CC1. The van der Waals surface area contributed by atoms with Crippen molar-refractivity contribution in [2.24, 2.45) is 5.92 Å². The van der Waals surface area contributed by atoms with Crippen LogP contribution >= 0.6 is 0 Å². The third-order valence-electron chi connectivity index (χ3n) is 4.96. The van der Waals surface area contributed by atoms with Crippen molar-refractivity contribution in [1.29, 1.82) is 0 Å². The van der Waals surface area contributed by atoms with E-state index in [9.17, 15) is 4.39 Å². The number of hydrogen-bond acceptors (Lipinski definition) is 0. The molecule has 18 heavy (non-hydrogen) atoms. The lowest BCUT2D eigenvalue weighted by Gasteiger charge is -2.23. The lowest BCUT2D eigenvalue weighted by Crippen LogP contribution is -2.30. The van der Waals surface area contributed by atoms with Crippen LogP contribution in [0.1, 0.15) is 43.4 Å². The normalized spacial score (nSPS) is 28.2. The molecule has 1 unspecified atom stereocenters. The van der Waals surface area contributed by atoms with Crippen molar-refractivity contribution in [3.05, 3.63) is 47.5 Å². The fourth-order valence-electron chi connectivity index (χ4n) is 3.12. The standard InChI is InChI=1S/C17H21F/c1-4-16(7-8-16)15-6-5-13-10-17(18,12(2)3)11-14(13)9-15/h4-6,9,12H,1,7-8,10-11H2,2-3H3. The van der Waals surface area contributed by atoms with Crippen LogP contribution in [0.4, 0.5) is 4.39 Å². The average Bonchev–Trinajstić information content (AvgIpc) is 3.05. The Bertz CT molecular complexity index is 496. The van der Waals surface area contributed by atoms with Crippen molar-refractivity contribution in [3.63, 3.8) is 0 Å². The lowest BCUT2D eigenvalue weighted by molar-refractivity contribution is 0.113. The van der Waals surface area contributed by atoms with Crippen LogP contribution in [0.5, 0.6) is 0 Å². The van der Waals surface area contributed by atoms with Crippen molar-refractivity contribution < 1.29 is 4.39 Å². The van der Waals surface area contributed by atoms with Gasteiger partial charge in [0.25, 0.3) is 0 Å². The molecular weight excluding hydrogens is 223 g/mol. The Morgan fingerprint density at radius 3 is 2.44 bits per heavy atom. The van der Waals surface area contributed by atoms with Gasteiger partial charge < -0.3 is 0 Å². The molecule has 96 valence electrons. The predicted octanol–water partition coefficient (Wildman–Crippen LogP) is 4.37. The summed E-state index contributed by atoms with van der Waals surface area (Å²) in [6.45, 7) is 7.92. The first-order valence-electron chi connectivity index (χ1n) is 6.94. The van der Waals surface area contributed by atoms with E-state index in [2.05, 4.69) is 30.9 Å². The molecule has 1 saturated carbocycles. The Kier molecular flexibility index (Phi) is 2.45. The summed E-state index contributed by atoms with van der Waals surface area (Å²) in [5.74, 6) is 0.0858. The van der Waals surface area contributed by atoms with E-state index in [1.807, 2.05) is 13.8 Å². The highest BCUT2D eigenvalue weighted by Gasteiger charge is 2.44. The number of benzene rings is 1. The zero-order chi connectivity index (χ0) is 13.0. The van der Waals surface area contributed by atoms with Gasteiger partial charge in [0.15, 0.2) is 0 Å². The molecule has 3 rings (SSSR count). The number of rotatable bonds is 3. The molecule has 1 fully saturated rings. The van der Waals surface area contributed by atoms with Crippen molar-refractivity contribution in [1.82, 2.24) is 0 Å². The second-order valence-electron chi connectivity index (χ2n) is 6.39. The summed E-state index contributed by atoms with van der Waals surface area (Å²) in [6.07, 6.45) is 5.62. The lowest BCUT2D eigenvalue weighted by atomic mass is 9.89. The van der Waals surface area contributed by atoms with Gasteiger partial charge in [-0.3, -0.25) is 0 Å². The van der Waals surface area contributed by atoms with E-state index in [0.29, 0.717) is 12.8 Å². The highest BCUT2D eigenvalue weighted by Crippen LogP contribution is 2.50. The summed E-state index contributed by atoms with van der Waals surface area (Å²) < 4.78 is 14.7. The van der Waals surface area contributed by atoms with Gasteiger partial charge in [-0.2, -0.15) is 0 Å². The molecule has 2 aliphatic carbocycles. The molecule has 0 radical (unpaired) electrons. The van der Waals surface area contributed by atoms with Crippen LogP contribution in [-0.2, 0) is 18.3 Å². The Labute approximate surface area is 109 Å². The van der Waals surface area contributed by atoms with Crippen molar-refractivity contribution >= 4 is 0 Å². The molecule has 0 heterocycles. The monoisotopic (exact) mass is 244 g/mol. The van der Waals surface area contributed by atoms with Gasteiger partial charge >= 0.3 is 0 Å². The molecule has 0 aliphatic heterocycles. The number of alkyl halides is 1.